The average Bonchev–Trinajstić information content (AvgIpc) is 2.42. The third-order valence-electron chi connectivity index (χ3n) is 3.15. The van der Waals surface area contributed by atoms with Crippen LogP contribution in [0, 0.1) is 0 Å². The summed E-state index contributed by atoms with van der Waals surface area (Å²) in [7, 11) is 1.55. The second kappa shape index (κ2) is 6.01. The van der Waals surface area contributed by atoms with Crippen LogP contribution < -0.4 is 15.4 Å². The second-order valence-electron chi connectivity index (χ2n) is 4.50. The molecule has 0 aliphatic carbocycles. The molecule has 1 aromatic rings. The molecule has 1 aliphatic rings. The van der Waals surface area contributed by atoms with E-state index >= 15 is 0 Å². The molecular weight excluding hydrogens is 248 g/mol. The molecule has 3 atom stereocenters. The van der Waals surface area contributed by atoms with Gasteiger partial charge < -0.3 is 20.3 Å². The predicted octanol–water partition coefficient (Wildman–Crippen LogP) is -0.127. The number of nitrogens with one attached hydrogen (secondary N) is 2. The maximum atomic E-state index is 11.1. The van der Waals surface area contributed by atoms with Gasteiger partial charge in [0.1, 0.15) is 18.2 Å². The Morgan fingerprint density at radius 2 is 2.32 bits per heavy atom. The van der Waals surface area contributed by atoms with E-state index < -0.39 is 12.5 Å². The highest BCUT2D eigenvalue weighted by molar-refractivity contribution is 5.77. The first-order valence-corrected chi connectivity index (χ1v) is 6.15. The summed E-state index contributed by atoms with van der Waals surface area (Å²) in [5.41, 5.74) is 0.642. The van der Waals surface area contributed by atoms with Gasteiger partial charge in [0.25, 0.3) is 0 Å². The van der Waals surface area contributed by atoms with Crippen LogP contribution in [0.5, 0.6) is 5.75 Å². The molecule has 1 aromatic carbocycles. The zero-order chi connectivity index (χ0) is 13.8. The van der Waals surface area contributed by atoms with Crippen molar-refractivity contribution in [3.63, 3.8) is 0 Å². The van der Waals surface area contributed by atoms with Crippen molar-refractivity contribution in [2.45, 2.75) is 31.3 Å². The van der Waals surface area contributed by atoms with Crippen LogP contribution in [0.1, 0.15) is 24.6 Å². The lowest BCUT2D eigenvalue weighted by molar-refractivity contribution is -0.128. The molecule has 0 saturated carbocycles. The van der Waals surface area contributed by atoms with Crippen molar-refractivity contribution in [1.82, 2.24) is 10.6 Å². The number of carbonyl (C=O) groups is 1. The van der Waals surface area contributed by atoms with E-state index in [4.69, 9.17) is 4.74 Å². The van der Waals surface area contributed by atoms with Gasteiger partial charge in [0.05, 0.1) is 13.2 Å². The predicted molar refractivity (Wildman–Crippen MR) is 68.3 cm³/mol. The van der Waals surface area contributed by atoms with Crippen molar-refractivity contribution in [1.29, 1.82) is 0 Å². The summed E-state index contributed by atoms with van der Waals surface area (Å²) >= 11 is 0. The number of hydrogen-bond donors (Lipinski definition) is 4. The molecule has 0 bridgehead atoms. The minimum Gasteiger partial charge on any atom is -0.497 e. The Morgan fingerprint density at radius 3 is 3.00 bits per heavy atom. The van der Waals surface area contributed by atoms with Crippen LogP contribution in [0.15, 0.2) is 24.3 Å². The van der Waals surface area contributed by atoms with E-state index in [0.29, 0.717) is 24.2 Å². The maximum absolute atomic E-state index is 11.1. The van der Waals surface area contributed by atoms with Crippen LogP contribution in [0.4, 0.5) is 0 Å². The standard InChI is InChI=1S/C13H18N2O4/c1-19-9-4-2-3-8(7-9)12(17)14-10-5-6-11(16)15-13(10)18/h2-4,7,10,12-14,17-18H,5-6H2,1H3,(H,15,16). The number of hydrogen-bond acceptors (Lipinski definition) is 5. The summed E-state index contributed by atoms with van der Waals surface area (Å²) < 4.78 is 5.08. The molecule has 0 radical (unpaired) electrons. The lowest BCUT2D eigenvalue weighted by Gasteiger charge is -2.31. The fourth-order valence-corrected chi connectivity index (χ4v) is 2.07. The van der Waals surface area contributed by atoms with Gasteiger partial charge in [-0.2, -0.15) is 0 Å². The maximum Gasteiger partial charge on any atom is 0.222 e. The summed E-state index contributed by atoms with van der Waals surface area (Å²) in [6, 6.07) is 6.66. The van der Waals surface area contributed by atoms with Crippen molar-refractivity contribution >= 4 is 5.91 Å². The lowest BCUT2D eigenvalue weighted by Crippen LogP contribution is -2.54. The molecule has 1 amide bonds. The first-order chi connectivity index (χ1) is 9.10. The largest absolute Gasteiger partial charge is 0.497 e. The molecule has 6 heteroatoms. The van der Waals surface area contributed by atoms with E-state index in [1.165, 1.54) is 0 Å². The Kier molecular flexibility index (Phi) is 4.36. The Morgan fingerprint density at radius 1 is 1.53 bits per heavy atom. The molecule has 2 rings (SSSR count). The first kappa shape index (κ1) is 13.8. The number of piperidine rings is 1. The van der Waals surface area contributed by atoms with Crippen LogP contribution in [0.3, 0.4) is 0 Å². The SMILES string of the molecule is COc1cccc(C(O)NC2CCC(=O)NC2O)c1. The van der Waals surface area contributed by atoms with Gasteiger partial charge >= 0.3 is 0 Å². The minimum atomic E-state index is -0.985. The molecule has 0 aromatic heterocycles. The van der Waals surface area contributed by atoms with Gasteiger partial charge in [0, 0.05) is 6.42 Å². The van der Waals surface area contributed by atoms with E-state index in [0.717, 1.165) is 0 Å². The number of methoxy groups -OCH3 is 1. The molecule has 1 aliphatic heterocycles. The topological polar surface area (TPSA) is 90.8 Å². The fraction of sp³-hybridized carbons (Fsp3) is 0.462. The molecular formula is C13H18N2O4. The zero-order valence-electron chi connectivity index (χ0n) is 10.7. The quantitative estimate of drug-likeness (QED) is 0.570. The van der Waals surface area contributed by atoms with Crippen LogP contribution in [-0.2, 0) is 4.79 Å². The fourth-order valence-electron chi connectivity index (χ4n) is 2.07. The van der Waals surface area contributed by atoms with E-state index in [1.807, 2.05) is 0 Å². The van der Waals surface area contributed by atoms with Gasteiger partial charge in [-0.1, -0.05) is 12.1 Å². The third-order valence-corrected chi connectivity index (χ3v) is 3.15. The summed E-state index contributed by atoms with van der Waals surface area (Å²) in [5, 5.41) is 25.1. The molecule has 3 unspecified atom stereocenters. The molecule has 104 valence electrons. The molecule has 1 saturated heterocycles. The number of amides is 1. The second-order valence-corrected chi connectivity index (χ2v) is 4.50. The Balaban J connectivity index is 2.00. The van der Waals surface area contributed by atoms with Crippen LogP contribution in [-0.4, -0.2) is 35.5 Å². The van der Waals surface area contributed by atoms with E-state index in [9.17, 15) is 15.0 Å². The lowest BCUT2D eigenvalue weighted by atomic mass is 10.0. The minimum absolute atomic E-state index is 0.179. The molecule has 1 fully saturated rings. The highest BCUT2D eigenvalue weighted by atomic mass is 16.5. The van der Waals surface area contributed by atoms with Gasteiger partial charge in [-0.15, -0.1) is 0 Å². The molecule has 0 spiro atoms. The molecule has 19 heavy (non-hydrogen) atoms. The number of rotatable bonds is 4. The third kappa shape index (κ3) is 3.44. The summed E-state index contributed by atoms with van der Waals surface area (Å²) in [4.78, 5) is 11.1. The van der Waals surface area contributed by atoms with Gasteiger partial charge in [-0.25, -0.2) is 0 Å². The van der Waals surface area contributed by atoms with Gasteiger partial charge in [0.2, 0.25) is 5.91 Å². The zero-order valence-corrected chi connectivity index (χ0v) is 10.7. The van der Waals surface area contributed by atoms with E-state index in [-0.39, 0.29) is 11.9 Å². The van der Waals surface area contributed by atoms with Crippen molar-refractivity contribution in [2.75, 3.05) is 7.11 Å². The smallest absolute Gasteiger partial charge is 0.222 e. The highest BCUT2D eigenvalue weighted by Crippen LogP contribution is 2.19. The molecule has 6 nitrogen and oxygen atoms in total. The Hall–Kier alpha value is -1.63. The number of benzene rings is 1. The van der Waals surface area contributed by atoms with Crippen molar-refractivity contribution in [2.24, 2.45) is 0 Å². The molecule has 4 N–H and O–H groups in total. The van der Waals surface area contributed by atoms with Crippen LogP contribution in [0.25, 0.3) is 0 Å². The van der Waals surface area contributed by atoms with Crippen molar-refractivity contribution in [3.05, 3.63) is 29.8 Å². The average molecular weight is 266 g/mol. The highest BCUT2D eigenvalue weighted by Gasteiger charge is 2.28. The Labute approximate surface area is 111 Å². The number of carbonyl (C=O) groups excluding carboxylic acids is 1. The number of ether oxygens (including phenoxy) is 1. The Bertz CT molecular complexity index is 452. The summed E-state index contributed by atoms with van der Waals surface area (Å²) in [6.45, 7) is 0. The van der Waals surface area contributed by atoms with Crippen LogP contribution >= 0.6 is 0 Å². The first-order valence-electron chi connectivity index (χ1n) is 6.15. The van der Waals surface area contributed by atoms with Gasteiger partial charge in [0.15, 0.2) is 0 Å². The summed E-state index contributed by atoms with van der Waals surface area (Å²) in [6.07, 6.45) is -1.10. The number of aliphatic hydroxyl groups excluding tert-OH is 2. The normalized spacial score (nSPS) is 24.7. The van der Waals surface area contributed by atoms with Crippen molar-refractivity contribution in [3.8, 4) is 5.75 Å². The van der Waals surface area contributed by atoms with E-state index in [1.54, 1.807) is 31.4 Å². The monoisotopic (exact) mass is 266 g/mol. The van der Waals surface area contributed by atoms with Gasteiger partial charge in [-0.3, -0.25) is 10.1 Å². The van der Waals surface area contributed by atoms with E-state index in [2.05, 4.69) is 10.6 Å². The van der Waals surface area contributed by atoms with Crippen molar-refractivity contribution < 1.29 is 19.7 Å². The summed E-state index contributed by atoms with van der Waals surface area (Å²) in [5.74, 6) is 0.470. The molecule has 1 heterocycles. The number of aliphatic hydroxyl groups is 2. The van der Waals surface area contributed by atoms with Gasteiger partial charge in [-0.05, 0) is 24.1 Å². The van der Waals surface area contributed by atoms with Crippen LogP contribution in [0.2, 0.25) is 0 Å².